The van der Waals surface area contributed by atoms with Gasteiger partial charge >= 0.3 is 20.8 Å². The molecule has 0 spiro atoms. The number of hydrogen-bond donors (Lipinski definition) is 4. The summed E-state index contributed by atoms with van der Waals surface area (Å²) in [6.45, 7) is 10.2. The molecule has 12 heteroatoms. The average molecular weight is 595 g/mol. The molecule has 0 saturated heterocycles. The van der Waals surface area contributed by atoms with Gasteiger partial charge in [0.2, 0.25) is 0 Å². The molecular formula is C27H46O10S2. The second-order valence-corrected chi connectivity index (χ2v) is 15.5. The van der Waals surface area contributed by atoms with Gasteiger partial charge in [0, 0.05) is 5.41 Å². The van der Waals surface area contributed by atoms with Crippen LogP contribution >= 0.6 is 0 Å². The van der Waals surface area contributed by atoms with E-state index in [0.717, 1.165) is 50.5 Å². The molecule has 39 heavy (non-hydrogen) atoms. The van der Waals surface area contributed by atoms with Gasteiger partial charge in [-0.2, -0.15) is 16.8 Å². The Bertz CT molecular complexity index is 1140. The Morgan fingerprint density at radius 2 is 1.67 bits per heavy atom. The summed E-state index contributed by atoms with van der Waals surface area (Å²) in [6, 6.07) is 0. The largest absolute Gasteiger partial charge is 0.397 e. The van der Waals surface area contributed by atoms with E-state index in [9.17, 15) is 36.2 Å². The second kappa shape index (κ2) is 10.9. The molecule has 4 aliphatic rings. The van der Waals surface area contributed by atoms with Gasteiger partial charge in [-0.3, -0.25) is 9.11 Å². The fourth-order valence-electron chi connectivity index (χ4n) is 9.58. The number of hydrogen-bond acceptors (Lipinski definition) is 8. The van der Waals surface area contributed by atoms with E-state index < -0.39 is 44.0 Å². The van der Waals surface area contributed by atoms with E-state index in [0.29, 0.717) is 31.1 Å². The van der Waals surface area contributed by atoms with Crippen molar-refractivity contribution in [2.45, 2.75) is 109 Å². The van der Waals surface area contributed by atoms with E-state index in [1.165, 1.54) is 0 Å². The maximum absolute atomic E-state index is 11.8. The van der Waals surface area contributed by atoms with Gasteiger partial charge < -0.3 is 10.2 Å². The van der Waals surface area contributed by atoms with Crippen LogP contribution in [0.25, 0.3) is 0 Å². The average Bonchev–Trinajstić information content (AvgIpc) is 3.15. The number of rotatable bonds is 10. The topological polar surface area (TPSA) is 168 Å². The van der Waals surface area contributed by atoms with E-state index >= 15 is 0 Å². The van der Waals surface area contributed by atoms with Crippen molar-refractivity contribution in [3.05, 3.63) is 12.2 Å². The molecule has 4 saturated carbocycles. The van der Waals surface area contributed by atoms with Crippen molar-refractivity contribution in [2.75, 3.05) is 6.61 Å². The third kappa shape index (κ3) is 6.00. The lowest BCUT2D eigenvalue weighted by Crippen LogP contribution is -2.69. The van der Waals surface area contributed by atoms with Crippen molar-refractivity contribution in [2.24, 2.45) is 40.4 Å². The van der Waals surface area contributed by atoms with Crippen molar-refractivity contribution in [1.29, 1.82) is 0 Å². The van der Waals surface area contributed by atoms with Crippen LogP contribution in [0, 0.1) is 40.4 Å². The fraction of sp³-hybridized carbons (Fsp3) is 0.926. The molecule has 10 atom stereocenters. The molecule has 4 fully saturated rings. The molecule has 4 N–H and O–H groups in total. The summed E-state index contributed by atoms with van der Waals surface area (Å²) < 4.78 is 73.7. The van der Waals surface area contributed by atoms with Gasteiger partial charge in [0.05, 0.1) is 12.2 Å². The molecule has 0 aromatic rings. The Kier molecular flexibility index (Phi) is 8.77. The Hall–Kier alpha value is -0.600. The Balaban J connectivity index is 1.55. The Morgan fingerprint density at radius 3 is 2.28 bits per heavy atom. The summed E-state index contributed by atoms with van der Waals surface area (Å²) in [5.74, 6) is 1.01. The van der Waals surface area contributed by atoms with Crippen molar-refractivity contribution < 1.29 is 44.5 Å². The standard InChI is InChI=1S/C27H46O10S2/c1-17(2)6-5-7-18(16-36-38(30,31)32)20-8-9-21-19-10-15-27(29)24(28)23(37-39(33,34)35)12-14-26(27,4)22(19)11-13-25(20,21)3/h18-24,28-29H,1,5-16H2,2-4H3,(H,30,31,32)(H,33,34,35)/t18-,19?,20+,21?,22?,23+,24+,25+,26+,27-/m0/s1. The maximum atomic E-state index is 11.8. The van der Waals surface area contributed by atoms with Gasteiger partial charge in [0.15, 0.2) is 0 Å². The minimum Gasteiger partial charge on any atom is -0.387 e. The normalized spacial score (nSPS) is 43.3. The predicted molar refractivity (Wildman–Crippen MR) is 144 cm³/mol. The molecular weight excluding hydrogens is 548 g/mol. The van der Waals surface area contributed by atoms with Gasteiger partial charge in [0.25, 0.3) is 0 Å². The molecule has 0 aliphatic heterocycles. The maximum Gasteiger partial charge on any atom is 0.397 e. The summed E-state index contributed by atoms with van der Waals surface area (Å²) in [7, 11) is -9.30. The van der Waals surface area contributed by atoms with Gasteiger partial charge in [-0.1, -0.05) is 19.4 Å². The summed E-state index contributed by atoms with van der Waals surface area (Å²) in [6.07, 6.45) is 5.19. The van der Waals surface area contributed by atoms with Crippen LogP contribution in [-0.2, 0) is 29.2 Å². The molecule has 4 rings (SSSR count). The lowest BCUT2D eigenvalue weighted by atomic mass is 9.42. The highest BCUT2D eigenvalue weighted by Crippen LogP contribution is 2.69. The van der Waals surface area contributed by atoms with Gasteiger partial charge in [-0.25, -0.2) is 8.37 Å². The van der Waals surface area contributed by atoms with E-state index in [4.69, 9.17) is 8.37 Å². The van der Waals surface area contributed by atoms with Crippen LogP contribution in [0.3, 0.4) is 0 Å². The molecule has 0 radical (unpaired) electrons. The van der Waals surface area contributed by atoms with Crippen LogP contribution in [0.5, 0.6) is 0 Å². The third-order valence-corrected chi connectivity index (χ3v) is 12.3. The molecule has 0 aromatic heterocycles. The van der Waals surface area contributed by atoms with Gasteiger partial charge in [0.1, 0.15) is 12.2 Å². The SMILES string of the molecule is C=C(C)CCC[C@@H](COS(=O)(=O)O)[C@H]1CCC2C3CC[C@]4(O)[C@H](O)[C@H](OS(=O)(=O)O)CC[C@]4(C)C3CC[C@@]21C. The third-order valence-electron chi connectivity index (χ3n) is 11.4. The van der Waals surface area contributed by atoms with E-state index in [2.05, 4.69) is 13.5 Å². The molecule has 0 amide bonds. The summed E-state index contributed by atoms with van der Waals surface area (Å²) >= 11 is 0. The zero-order valence-corrected chi connectivity index (χ0v) is 24.9. The van der Waals surface area contributed by atoms with Crippen molar-refractivity contribution in [3.8, 4) is 0 Å². The molecule has 0 aromatic carbocycles. The molecule has 226 valence electrons. The van der Waals surface area contributed by atoms with E-state index in [1.807, 2.05) is 13.8 Å². The Morgan fingerprint density at radius 1 is 0.974 bits per heavy atom. The van der Waals surface area contributed by atoms with Crippen LogP contribution in [0.1, 0.15) is 91.4 Å². The minimum atomic E-state index is -4.76. The van der Waals surface area contributed by atoms with E-state index in [-0.39, 0.29) is 36.2 Å². The van der Waals surface area contributed by atoms with Crippen LogP contribution in [0.2, 0.25) is 0 Å². The van der Waals surface area contributed by atoms with Crippen molar-refractivity contribution >= 4 is 20.8 Å². The van der Waals surface area contributed by atoms with Gasteiger partial charge in [-0.15, -0.1) is 6.58 Å². The summed E-state index contributed by atoms with van der Waals surface area (Å²) in [5.41, 5.74) is -1.14. The number of aliphatic hydroxyl groups excluding tert-OH is 1. The first kappa shape index (κ1) is 31.3. The zero-order chi connectivity index (χ0) is 29.0. The highest BCUT2D eigenvalue weighted by Gasteiger charge is 2.67. The minimum absolute atomic E-state index is 0.0243. The molecule has 10 nitrogen and oxygen atoms in total. The monoisotopic (exact) mass is 594 g/mol. The van der Waals surface area contributed by atoms with E-state index in [1.54, 1.807) is 0 Å². The highest BCUT2D eigenvalue weighted by atomic mass is 32.3. The molecule has 4 aliphatic carbocycles. The van der Waals surface area contributed by atoms with Crippen LogP contribution in [-0.4, -0.2) is 60.6 Å². The lowest BCUT2D eigenvalue weighted by Gasteiger charge is -2.65. The van der Waals surface area contributed by atoms with Crippen molar-refractivity contribution in [3.63, 3.8) is 0 Å². The first-order valence-electron chi connectivity index (χ1n) is 14.2. The fourth-order valence-corrected chi connectivity index (χ4v) is 10.4. The number of aliphatic hydroxyl groups is 2. The molecule has 0 bridgehead atoms. The lowest BCUT2D eigenvalue weighted by molar-refractivity contribution is -0.265. The van der Waals surface area contributed by atoms with Crippen LogP contribution in [0.15, 0.2) is 12.2 Å². The predicted octanol–water partition coefficient (Wildman–Crippen LogP) is 4.10. The van der Waals surface area contributed by atoms with Gasteiger partial charge in [-0.05, 0) is 113 Å². The Labute approximate surface area is 233 Å². The smallest absolute Gasteiger partial charge is 0.387 e. The molecule has 0 heterocycles. The molecule has 3 unspecified atom stereocenters. The van der Waals surface area contributed by atoms with Crippen LogP contribution in [0.4, 0.5) is 0 Å². The number of allylic oxidation sites excluding steroid dienone is 1. The van der Waals surface area contributed by atoms with Crippen molar-refractivity contribution in [1.82, 2.24) is 0 Å². The second-order valence-electron chi connectivity index (χ2n) is 13.4. The summed E-state index contributed by atoms with van der Waals surface area (Å²) in [5, 5.41) is 22.9. The summed E-state index contributed by atoms with van der Waals surface area (Å²) in [4.78, 5) is 0. The highest BCUT2D eigenvalue weighted by molar-refractivity contribution is 7.81. The quantitative estimate of drug-likeness (QED) is 0.213. The zero-order valence-electron chi connectivity index (χ0n) is 23.3. The first-order valence-corrected chi connectivity index (χ1v) is 17.0. The number of fused-ring (bicyclic) bond motifs is 5. The van der Waals surface area contributed by atoms with Crippen LogP contribution < -0.4 is 0 Å². The first-order chi connectivity index (χ1) is 17.9.